The second-order valence-corrected chi connectivity index (χ2v) is 7.02. The number of anilines is 3. The normalized spacial score (nSPS) is 10.7. The Balaban J connectivity index is 1.34. The van der Waals surface area contributed by atoms with E-state index in [4.69, 9.17) is 14.0 Å². The van der Waals surface area contributed by atoms with Gasteiger partial charge in [0.25, 0.3) is 0 Å². The lowest BCUT2D eigenvalue weighted by atomic mass is 10.1. The van der Waals surface area contributed by atoms with Crippen molar-refractivity contribution in [2.75, 3.05) is 24.9 Å². The highest BCUT2D eigenvalue weighted by Crippen LogP contribution is 2.20. The molecule has 0 saturated heterocycles. The summed E-state index contributed by atoms with van der Waals surface area (Å²) in [6.45, 7) is 2.32. The van der Waals surface area contributed by atoms with Crippen molar-refractivity contribution in [3.63, 3.8) is 0 Å². The average Bonchev–Trinajstić information content (AvgIpc) is 3.44. The van der Waals surface area contributed by atoms with E-state index in [9.17, 15) is 0 Å². The number of aryl methyl sites for hydroxylation is 3. The summed E-state index contributed by atoms with van der Waals surface area (Å²) < 4.78 is 15.6. The minimum absolute atomic E-state index is 0.446. The summed E-state index contributed by atoms with van der Waals surface area (Å²) in [7, 11) is 3.17. The molecular formula is C21H24N8O3. The first-order valence-corrected chi connectivity index (χ1v) is 10.0. The number of nitrogens with one attached hydrogen (secondary N) is 3. The number of pyridine rings is 1. The maximum atomic E-state index is 5.23. The summed E-state index contributed by atoms with van der Waals surface area (Å²) in [6, 6.07) is 9.37. The molecule has 0 aliphatic rings. The molecule has 0 atom stereocenters. The van der Waals surface area contributed by atoms with Crippen molar-refractivity contribution in [2.24, 2.45) is 0 Å². The van der Waals surface area contributed by atoms with Gasteiger partial charge in [0.15, 0.2) is 11.6 Å². The van der Waals surface area contributed by atoms with Gasteiger partial charge in [-0.1, -0.05) is 5.16 Å². The molecular weight excluding hydrogens is 412 g/mol. The zero-order valence-electron chi connectivity index (χ0n) is 18.0. The van der Waals surface area contributed by atoms with Gasteiger partial charge in [0.1, 0.15) is 5.82 Å². The molecule has 11 nitrogen and oxygen atoms in total. The van der Waals surface area contributed by atoms with Crippen LogP contribution >= 0.6 is 0 Å². The van der Waals surface area contributed by atoms with Gasteiger partial charge in [-0.25, -0.2) is 4.98 Å². The molecule has 11 heteroatoms. The molecule has 3 N–H and O–H groups in total. The summed E-state index contributed by atoms with van der Waals surface area (Å²) in [5.41, 5.74) is 2.87. The van der Waals surface area contributed by atoms with Crippen molar-refractivity contribution >= 4 is 17.6 Å². The lowest BCUT2D eigenvalue weighted by Gasteiger charge is -2.06. The van der Waals surface area contributed by atoms with Crippen LogP contribution < -0.4 is 20.1 Å². The van der Waals surface area contributed by atoms with Crippen LogP contribution in [0.1, 0.15) is 22.7 Å². The van der Waals surface area contributed by atoms with Gasteiger partial charge >= 0.3 is 0 Å². The number of ether oxygens (including phenoxy) is 2. The molecule has 4 heterocycles. The number of aromatic nitrogens is 6. The highest BCUT2D eigenvalue weighted by Gasteiger charge is 2.08. The van der Waals surface area contributed by atoms with Gasteiger partial charge in [-0.2, -0.15) is 15.1 Å². The summed E-state index contributed by atoms with van der Waals surface area (Å²) in [4.78, 5) is 12.9. The van der Waals surface area contributed by atoms with Crippen molar-refractivity contribution in [3.05, 3.63) is 59.2 Å². The minimum atomic E-state index is 0.446. The Labute approximate surface area is 184 Å². The Morgan fingerprint density at radius 2 is 1.81 bits per heavy atom. The molecule has 0 spiro atoms. The predicted octanol–water partition coefficient (Wildman–Crippen LogP) is 3.05. The fourth-order valence-corrected chi connectivity index (χ4v) is 3.03. The summed E-state index contributed by atoms with van der Waals surface area (Å²) in [6.07, 6.45) is 3.21. The second-order valence-electron chi connectivity index (χ2n) is 7.02. The highest BCUT2D eigenvalue weighted by atomic mass is 16.5. The number of H-pyrrole nitrogens is 1. The molecule has 4 aromatic heterocycles. The number of hydrogen-bond acceptors (Lipinski definition) is 10. The summed E-state index contributed by atoms with van der Waals surface area (Å²) in [5.74, 6) is 3.53. The first kappa shape index (κ1) is 21.1. The lowest BCUT2D eigenvalue weighted by molar-refractivity contribution is 0.363. The van der Waals surface area contributed by atoms with E-state index in [0.717, 1.165) is 29.8 Å². The van der Waals surface area contributed by atoms with Crippen LogP contribution in [-0.2, 0) is 19.4 Å². The third-order valence-electron chi connectivity index (χ3n) is 4.58. The van der Waals surface area contributed by atoms with Crippen molar-refractivity contribution in [3.8, 4) is 11.8 Å². The third-order valence-corrected chi connectivity index (χ3v) is 4.58. The fraction of sp³-hybridized carbons (Fsp3) is 0.286. The van der Waals surface area contributed by atoms with E-state index in [-0.39, 0.29) is 0 Å². The molecule has 0 saturated carbocycles. The minimum Gasteiger partial charge on any atom is -0.481 e. The van der Waals surface area contributed by atoms with Gasteiger partial charge in [0, 0.05) is 36.2 Å². The highest BCUT2D eigenvalue weighted by molar-refractivity contribution is 5.53. The average molecular weight is 436 g/mol. The molecule has 0 amide bonds. The lowest BCUT2D eigenvalue weighted by Crippen LogP contribution is -2.04. The van der Waals surface area contributed by atoms with Crippen LogP contribution in [-0.4, -0.2) is 44.5 Å². The Morgan fingerprint density at radius 3 is 2.53 bits per heavy atom. The molecule has 4 rings (SSSR count). The predicted molar refractivity (Wildman–Crippen MR) is 117 cm³/mol. The van der Waals surface area contributed by atoms with Gasteiger partial charge in [0.05, 0.1) is 26.5 Å². The van der Waals surface area contributed by atoms with Crippen LogP contribution in [0.5, 0.6) is 11.8 Å². The Kier molecular flexibility index (Phi) is 6.44. The van der Waals surface area contributed by atoms with E-state index >= 15 is 0 Å². The smallest absolute Gasteiger partial charge is 0.224 e. The molecule has 32 heavy (non-hydrogen) atoms. The van der Waals surface area contributed by atoms with Crippen LogP contribution in [0.15, 0.2) is 41.1 Å². The van der Waals surface area contributed by atoms with Crippen molar-refractivity contribution in [1.29, 1.82) is 0 Å². The van der Waals surface area contributed by atoms with Gasteiger partial charge in [-0.3, -0.25) is 5.10 Å². The second kappa shape index (κ2) is 9.77. The Hall–Kier alpha value is -4.15. The van der Waals surface area contributed by atoms with E-state index in [0.29, 0.717) is 41.6 Å². The first-order valence-electron chi connectivity index (χ1n) is 10.0. The molecule has 0 aliphatic heterocycles. The quantitative estimate of drug-likeness (QED) is 0.340. The molecule has 0 aliphatic carbocycles. The van der Waals surface area contributed by atoms with Crippen LogP contribution in [0.25, 0.3) is 0 Å². The number of hydrogen-bond donors (Lipinski definition) is 3. The maximum Gasteiger partial charge on any atom is 0.224 e. The van der Waals surface area contributed by atoms with E-state index in [1.165, 1.54) is 0 Å². The number of rotatable bonds is 10. The number of aromatic amines is 1. The van der Waals surface area contributed by atoms with Crippen LogP contribution in [0.2, 0.25) is 0 Å². The van der Waals surface area contributed by atoms with E-state index in [1.807, 2.05) is 31.2 Å². The van der Waals surface area contributed by atoms with Crippen molar-refractivity contribution in [1.82, 2.24) is 30.3 Å². The Morgan fingerprint density at radius 1 is 1.00 bits per heavy atom. The third kappa shape index (κ3) is 5.50. The van der Waals surface area contributed by atoms with Crippen molar-refractivity contribution < 1.29 is 14.0 Å². The summed E-state index contributed by atoms with van der Waals surface area (Å²) >= 11 is 0. The monoisotopic (exact) mass is 436 g/mol. The molecule has 0 radical (unpaired) electrons. The van der Waals surface area contributed by atoms with Crippen LogP contribution in [0, 0.1) is 6.92 Å². The maximum absolute atomic E-state index is 5.23. The van der Waals surface area contributed by atoms with Crippen LogP contribution in [0.3, 0.4) is 0 Å². The fourth-order valence-electron chi connectivity index (χ4n) is 3.03. The van der Waals surface area contributed by atoms with Gasteiger partial charge in [-0.05, 0) is 31.4 Å². The van der Waals surface area contributed by atoms with Crippen molar-refractivity contribution in [2.45, 2.75) is 26.3 Å². The topological polar surface area (TPSA) is 136 Å². The number of methoxy groups -OCH3 is 2. The standard InChI is InChI=1S/C21H24N8O3/c1-13-8-16(32-29-13)12-23-21-22-7-6-17(25-21)24-18-11-15(27-28-18)5-4-14-9-19(30-2)26-20(10-14)31-3/h6-11H,4-5,12H2,1-3H3,(H3,22,23,24,25,27,28). The molecule has 4 aromatic rings. The largest absolute Gasteiger partial charge is 0.481 e. The molecule has 0 bridgehead atoms. The molecule has 0 aromatic carbocycles. The molecule has 166 valence electrons. The first-order chi connectivity index (χ1) is 15.6. The van der Waals surface area contributed by atoms with Gasteiger partial charge < -0.3 is 24.6 Å². The SMILES string of the molecule is COc1cc(CCc2cc(Nc3ccnc(NCc4cc(C)no4)n3)n[nH]2)cc(OC)n1. The zero-order chi connectivity index (χ0) is 22.3. The van der Waals surface area contributed by atoms with E-state index in [1.54, 1.807) is 26.5 Å². The molecule has 0 unspecified atom stereocenters. The number of nitrogens with zero attached hydrogens (tertiary/aromatic N) is 5. The Bertz CT molecular complexity index is 1150. The van der Waals surface area contributed by atoms with Gasteiger partial charge in [-0.15, -0.1) is 0 Å². The molecule has 0 fully saturated rings. The van der Waals surface area contributed by atoms with Gasteiger partial charge in [0.2, 0.25) is 17.7 Å². The summed E-state index contributed by atoms with van der Waals surface area (Å²) in [5, 5.41) is 17.5. The van der Waals surface area contributed by atoms with E-state index in [2.05, 4.69) is 40.9 Å². The van der Waals surface area contributed by atoms with Crippen LogP contribution in [0.4, 0.5) is 17.6 Å². The van der Waals surface area contributed by atoms with E-state index < -0.39 is 0 Å². The zero-order valence-corrected chi connectivity index (χ0v) is 18.0.